The molecule has 0 spiro atoms. The zero-order valence-electron chi connectivity index (χ0n) is 12.3. The largest absolute Gasteiger partial charge is 0.348 e. The van der Waals surface area contributed by atoms with Gasteiger partial charge in [0.25, 0.3) is 5.91 Å². The van der Waals surface area contributed by atoms with Gasteiger partial charge in [0.1, 0.15) is 0 Å². The van der Waals surface area contributed by atoms with E-state index < -0.39 is 0 Å². The topological polar surface area (TPSA) is 68.0 Å². The Morgan fingerprint density at radius 2 is 2.05 bits per heavy atom. The van der Waals surface area contributed by atoms with Gasteiger partial charge in [-0.1, -0.05) is 31.0 Å². The van der Waals surface area contributed by atoms with Crippen LogP contribution in [0.4, 0.5) is 0 Å². The first-order valence-corrected chi connectivity index (χ1v) is 7.58. The molecule has 0 aliphatic heterocycles. The van der Waals surface area contributed by atoms with Gasteiger partial charge in [0.05, 0.1) is 11.1 Å². The number of hydrogen-bond acceptors (Lipinski definition) is 3. The van der Waals surface area contributed by atoms with Crippen LogP contribution in [0.25, 0.3) is 10.9 Å². The van der Waals surface area contributed by atoms with Crippen molar-refractivity contribution < 1.29 is 4.79 Å². The van der Waals surface area contributed by atoms with Gasteiger partial charge in [-0.3, -0.25) is 9.78 Å². The Kier molecular flexibility index (Phi) is 3.88. The van der Waals surface area contributed by atoms with Crippen LogP contribution in [0.5, 0.6) is 0 Å². The molecule has 3 N–H and O–H groups in total. The van der Waals surface area contributed by atoms with E-state index >= 15 is 0 Å². The van der Waals surface area contributed by atoms with Crippen LogP contribution >= 0.6 is 0 Å². The summed E-state index contributed by atoms with van der Waals surface area (Å²) in [5.74, 6) is -0.0425. The molecule has 1 aromatic heterocycles. The summed E-state index contributed by atoms with van der Waals surface area (Å²) in [5.41, 5.74) is 8.52. The molecule has 0 saturated heterocycles. The minimum absolute atomic E-state index is 0.0425. The van der Waals surface area contributed by atoms with E-state index in [9.17, 15) is 4.79 Å². The molecule has 0 bridgehead atoms. The molecule has 21 heavy (non-hydrogen) atoms. The van der Waals surface area contributed by atoms with Crippen molar-refractivity contribution in [3.8, 4) is 0 Å². The predicted molar refractivity (Wildman–Crippen MR) is 84.2 cm³/mol. The number of aryl methyl sites for hydroxylation is 1. The fourth-order valence-electron chi connectivity index (χ4n) is 3.08. The summed E-state index contributed by atoms with van der Waals surface area (Å²) in [6, 6.07) is 9.75. The van der Waals surface area contributed by atoms with Gasteiger partial charge in [0.15, 0.2) is 0 Å². The van der Waals surface area contributed by atoms with Crippen LogP contribution in [0, 0.1) is 6.92 Å². The van der Waals surface area contributed by atoms with E-state index in [0.29, 0.717) is 5.56 Å². The molecule has 0 radical (unpaired) electrons. The Morgan fingerprint density at radius 1 is 1.29 bits per heavy atom. The van der Waals surface area contributed by atoms with E-state index in [1.807, 2.05) is 37.3 Å². The van der Waals surface area contributed by atoms with Gasteiger partial charge in [-0.2, -0.15) is 0 Å². The van der Waals surface area contributed by atoms with Crippen LogP contribution in [-0.4, -0.2) is 23.0 Å². The van der Waals surface area contributed by atoms with Crippen LogP contribution in [0.2, 0.25) is 0 Å². The molecule has 0 unspecified atom stereocenters. The van der Waals surface area contributed by atoms with Crippen LogP contribution in [0.1, 0.15) is 41.7 Å². The number of carbonyl (C=O) groups excluding carboxylic acids is 1. The maximum Gasteiger partial charge on any atom is 0.252 e. The van der Waals surface area contributed by atoms with E-state index in [4.69, 9.17) is 5.73 Å². The minimum atomic E-state index is -0.0425. The molecule has 1 saturated carbocycles. The third kappa shape index (κ3) is 2.90. The van der Waals surface area contributed by atoms with Crippen LogP contribution in [0.3, 0.4) is 0 Å². The third-order valence-corrected chi connectivity index (χ3v) is 4.22. The fraction of sp³-hybridized carbons (Fsp3) is 0.412. The number of rotatable bonds is 2. The summed E-state index contributed by atoms with van der Waals surface area (Å²) in [6.07, 6.45) is 4.25. The summed E-state index contributed by atoms with van der Waals surface area (Å²) in [6.45, 7) is 1.91. The van der Waals surface area contributed by atoms with Crippen molar-refractivity contribution in [2.75, 3.05) is 0 Å². The smallest absolute Gasteiger partial charge is 0.252 e. The average Bonchev–Trinajstić information content (AvgIpc) is 2.48. The van der Waals surface area contributed by atoms with Gasteiger partial charge < -0.3 is 11.1 Å². The van der Waals surface area contributed by atoms with Gasteiger partial charge in [-0.25, -0.2) is 0 Å². The number of pyridine rings is 1. The van der Waals surface area contributed by atoms with Gasteiger partial charge in [-0.05, 0) is 31.9 Å². The van der Waals surface area contributed by atoms with Crippen LogP contribution < -0.4 is 11.1 Å². The molecule has 2 atom stereocenters. The first-order chi connectivity index (χ1) is 10.1. The maximum absolute atomic E-state index is 12.6. The summed E-state index contributed by atoms with van der Waals surface area (Å²) in [7, 11) is 0. The summed E-state index contributed by atoms with van der Waals surface area (Å²) in [4.78, 5) is 17.1. The first kappa shape index (κ1) is 14.0. The normalized spacial score (nSPS) is 22.2. The third-order valence-electron chi connectivity index (χ3n) is 4.22. The molecule has 1 fully saturated rings. The Morgan fingerprint density at radius 3 is 2.86 bits per heavy atom. The lowest BCUT2D eigenvalue weighted by molar-refractivity contribution is 0.0923. The molecule has 1 heterocycles. The van der Waals surface area contributed by atoms with Crippen molar-refractivity contribution in [1.29, 1.82) is 0 Å². The molecule has 3 rings (SSSR count). The Balaban J connectivity index is 1.90. The lowest BCUT2D eigenvalue weighted by Crippen LogP contribution is -2.49. The second-order valence-electron chi connectivity index (χ2n) is 5.86. The second-order valence-corrected chi connectivity index (χ2v) is 5.86. The maximum atomic E-state index is 12.6. The van der Waals surface area contributed by atoms with Crippen molar-refractivity contribution in [2.24, 2.45) is 5.73 Å². The van der Waals surface area contributed by atoms with Gasteiger partial charge in [-0.15, -0.1) is 0 Å². The number of fused-ring (bicyclic) bond motifs is 1. The van der Waals surface area contributed by atoms with E-state index in [2.05, 4.69) is 10.3 Å². The van der Waals surface area contributed by atoms with E-state index in [1.165, 1.54) is 0 Å². The van der Waals surface area contributed by atoms with Crippen LogP contribution in [0.15, 0.2) is 30.3 Å². The Hall–Kier alpha value is -1.94. The lowest BCUT2D eigenvalue weighted by Gasteiger charge is -2.29. The lowest BCUT2D eigenvalue weighted by atomic mass is 9.90. The standard InChI is InChI=1S/C17H21N3O/c1-11-10-13(12-6-2-4-8-15(12)19-11)17(21)20-16-9-5-3-7-14(16)18/h2,4,6,8,10,14,16H,3,5,7,9,18H2,1H3,(H,20,21)/t14-,16-/m1/s1. The first-order valence-electron chi connectivity index (χ1n) is 7.58. The molecule has 110 valence electrons. The Labute approximate surface area is 124 Å². The Bertz CT molecular complexity index is 668. The highest BCUT2D eigenvalue weighted by Gasteiger charge is 2.24. The molecule has 4 heteroatoms. The summed E-state index contributed by atoms with van der Waals surface area (Å²) >= 11 is 0. The van der Waals surface area contributed by atoms with Gasteiger partial charge in [0.2, 0.25) is 0 Å². The molecule has 4 nitrogen and oxygen atoms in total. The average molecular weight is 283 g/mol. The minimum Gasteiger partial charge on any atom is -0.348 e. The summed E-state index contributed by atoms with van der Waals surface area (Å²) < 4.78 is 0. The molecule has 1 amide bonds. The summed E-state index contributed by atoms with van der Waals surface area (Å²) in [5, 5.41) is 4.01. The molecule has 1 aliphatic rings. The molecular weight excluding hydrogens is 262 g/mol. The number of amides is 1. The fourth-order valence-corrected chi connectivity index (χ4v) is 3.08. The van der Waals surface area contributed by atoms with Crippen molar-refractivity contribution in [2.45, 2.75) is 44.7 Å². The van der Waals surface area contributed by atoms with Gasteiger partial charge in [0, 0.05) is 23.2 Å². The number of nitrogens with one attached hydrogen (secondary N) is 1. The SMILES string of the molecule is Cc1cc(C(=O)N[C@@H]2CCCC[C@H]2N)c2ccccc2n1. The predicted octanol–water partition coefficient (Wildman–Crippen LogP) is 2.54. The number of benzene rings is 1. The highest BCUT2D eigenvalue weighted by atomic mass is 16.1. The molecule has 2 aromatic rings. The van der Waals surface area contributed by atoms with Crippen LogP contribution in [-0.2, 0) is 0 Å². The monoisotopic (exact) mass is 283 g/mol. The van der Waals surface area contributed by atoms with Crippen molar-refractivity contribution in [3.05, 3.63) is 41.6 Å². The quantitative estimate of drug-likeness (QED) is 0.890. The molecule has 1 aliphatic carbocycles. The van der Waals surface area contributed by atoms with Crippen molar-refractivity contribution in [1.82, 2.24) is 10.3 Å². The van der Waals surface area contributed by atoms with Crippen molar-refractivity contribution in [3.63, 3.8) is 0 Å². The zero-order valence-corrected chi connectivity index (χ0v) is 12.3. The van der Waals surface area contributed by atoms with E-state index in [0.717, 1.165) is 42.3 Å². The number of hydrogen-bond donors (Lipinski definition) is 2. The number of para-hydroxylation sites is 1. The highest BCUT2D eigenvalue weighted by molar-refractivity contribution is 6.06. The number of carbonyl (C=O) groups is 1. The zero-order chi connectivity index (χ0) is 14.8. The number of aromatic nitrogens is 1. The molecule has 1 aromatic carbocycles. The highest BCUT2D eigenvalue weighted by Crippen LogP contribution is 2.20. The van der Waals surface area contributed by atoms with Crippen molar-refractivity contribution >= 4 is 16.8 Å². The van der Waals surface area contributed by atoms with E-state index in [-0.39, 0.29) is 18.0 Å². The van der Waals surface area contributed by atoms with E-state index in [1.54, 1.807) is 0 Å². The second kappa shape index (κ2) is 5.82. The number of nitrogens with zero attached hydrogens (tertiary/aromatic N) is 1. The molecular formula is C17H21N3O. The number of nitrogens with two attached hydrogens (primary N) is 1. The van der Waals surface area contributed by atoms with Gasteiger partial charge >= 0.3 is 0 Å².